The van der Waals surface area contributed by atoms with E-state index in [1.807, 2.05) is 0 Å². The first-order chi connectivity index (χ1) is 6.37. The second-order valence-electron chi connectivity index (χ2n) is 6.20. The molecule has 1 aliphatic heterocycles. The summed E-state index contributed by atoms with van der Waals surface area (Å²) in [4.78, 5) is 2.78. The van der Waals surface area contributed by atoms with Crippen LogP contribution >= 0.6 is 0 Å². The summed E-state index contributed by atoms with van der Waals surface area (Å²) in [6, 6.07) is 0.905. The molecule has 4 unspecified atom stereocenters. The molecule has 1 heteroatoms. The Morgan fingerprint density at radius 2 is 1.86 bits per heavy atom. The summed E-state index contributed by atoms with van der Waals surface area (Å²) in [5, 5.41) is 0. The van der Waals surface area contributed by atoms with Crippen LogP contribution in [0.2, 0.25) is 0 Å². The predicted octanol–water partition coefficient (Wildman–Crippen LogP) is 3.29. The standard InChI is InChI=1S/C13H25N/c1-7-10-8-11(10)14-12(4,5)13(14,6)9(2)3/h9-11H,7-8H2,1-6H3. The van der Waals surface area contributed by atoms with Gasteiger partial charge < -0.3 is 0 Å². The van der Waals surface area contributed by atoms with Gasteiger partial charge in [-0.05, 0) is 39.0 Å². The monoisotopic (exact) mass is 195 g/mol. The van der Waals surface area contributed by atoms with Gasteiger partial charge in [-0.15, -0.1) is 0 Å². The molecule has 82 valence electrons. The Bertz CT molecular complexity index is 244. The molecule has 1 heterocycles. The molecule has 0 aromatic rings. The van der Waals surface area contributed by atoms with Crippen molar-refractivity contribution in [2.24, 2.45) is 11.8 Å². The first-order valence-electron chi connectivity index (χ1n) is 6.16. The van der Waals surface area contributed by atoms with Crippen molar-refractivity contribution in [2.75, 3.05) is 0 Å². The molecule has 1 nitrogen and oxygen atoms in total. The zero-order chi connectivity index (χ0) is 10.7. The lowest BCUT2D eigenvalue weighted by molar-refractivity contribution is 0.325. The molecule has 0 amide bonds. The molecular weight excluding hydrogens is 170 g/mol. The summed E-state index contributed by atoms with van der Waals surface area (Å²) in [7, 11) is 0. The summed E-state index contributed by atoms with van der Waals surface area (Å²) >= 11 is 0. The molecule has 1 aliphatic carbocycles. The van der Waals surface area contributed by atoms with Crippen LogP contribution in [0.25, 0.3) is 0 Å². The van der Waals surface area contributed by atoms with Gasteiger partial charge in [0, 0.05) is 17.1 Å². The maximum Gasteiger partial charge on any atom is 0.0392 e. The maximum absolute atomic E-state index is 2.78. The fourth-order valence-electron chi connectivity index (χ4n) is 3.54. The Balaban J connectivity index is 2.10. The zero-order valence-corrected chi connectivity index (χ0v) is 10.6. The Labute approximate surface area is 88.9 Å². The molecule has 0 aromatic carbocycles. The van der Waals surface area contributed by atoms with Crippen LogP contribution < -0.4 is 0 Å². The van der Waals surface area contributed by atoms with Gasteiger partial charge in [-0.3, -0.25) is 4.90 Å². The minimum absolute atomic E-state index is 0.440. The Kier molecular flexibility index (Phi) is 2.06. The first-order valence-corrected chi connectivity index (χ1v) is 6.16. The van der Waals surface area contributed by atoms with Gasteiger partial charge in [0.1, 0.15) is 0 Å². The van der Waals surface area contributed by atoms with Gasteiger partial charge in [-0.2, -0.15) is 0 Å². The van der Waals surface area contributed by atoms with Crippen molar-refractivity contribution in [1.82, 2.24) is 4.90 Å². The van der Waals surface area contributed by atoms with Crippen molar-refractivity contribution in [3.8, 4) is 0 Å². The third kappa shape index (κ3) is 1.05. The third-order valence-corrected chi connectivity index (χ3v) is 5.16. The quantitative estimate of drug-likeness (QED) is 0.624. The van der Waals surface area contributed by atoms with Gasteiger partial charge in [0.2, 0.25) is 0 Å². The van der Waals surface area contributed by atoms with Crippen LogP contribution in [0.4, 0.5) is 0 Å². The fourth-order valence-corrected chi connectivity index (χ4v) is 3.54. The average molecular weight is 195 g/mol. The Morgan fingerprint density at radius 1 is 1.29 bits per heavy atom. The predicted molar refractivity (Wildman–Crippen MR) is 61.3 cm³/mol. The lowest BCUT2D eigenvalue weighted by atomic mass is 9.87. The molecule has 1 saturated carbocycles. The molecule has 14 heavy (non-hydrogen) atoms. The lowest BCUT2D eigenvalue weighted by Gasteiger charge is -2.17. The van der Waals surface area contributed by atoms with Crippen LogP contribution in [-0.4, -0.2) is 22.0 Å². The van der Waals surface area contributed by atoms with Crippen LogP contribution in [0.3, 0.4) is 0 Å². The van der Waals surface area contributed by atoms with Crippen molar-refractivity contribution in [3.63, 3.8) is 0 Å². The molecule has 0 bridgehead atoms. The van der Waals surface area contributed by atoms with Crippen molar-refractivity contribution in [2.45, 2.75) is 71.5 Å². The molecule has 0 aromatic heterocycles. The fraction of sp³-hybridized carbons (Fsp3) is 1.00. The first kappa shape index (κ1) is 10.5. The summed E-state index contributed by atoms with van der Waals surface area (Å²) in [5.74, 6) is 1.77. The van der Waals surface area contributed by atoms with E-state index >= 15 is 0 Å². The van der Waals surface area contributed by atoms with Crippen molar-refractivity contribution >= 4 is 0 Å². The van der Waals surface area contributed by atoms with Gasteiger partial charge in [0.15, 0.2) is 0 Å². The third-order valence-electron chi connectivity index (χ3n) is 5.16. The van der Waals surface area contributed by atoms with E-state index in [0.717, 1.165) is 17.9 Å². The Morgan fingerprint density at radius 3 is 2.14 bits per heavy atom. The molecule has 2 aliphatic rings. The number of nitrogens with zero attached hydrogens (tertiary/aromatic N) is 1. The van der Waals surface area contributed by atoms with Crippen LogP contribution in [-0.2, 0) is 0 Å². The average Bonchev–Trinajstić information content (AvgIpc) is 2.90. The van der Waals surface area contributed by atoms with Crippen LogP contribution in [0.5, 0.6) is 0 Å². The SMILES string of the molecule is CCC1CC1N1C(C)(C)C1(C)C(C)C. The van der Waals surface area contributed by atoms with E-state index in [-0.39, 0.29) is 0 Å². The van der Waals surface area contributed by atoms with Gasteiger partial charge in [-0.1, -0.05) is 27.2 Å². The van der Waals surface area contributed by atoms with E-state index in [4.69, 9.17) is 0 Å². The summed E-state index contributed by atoms with van der Waals surface area (Å²) < 4.78 is 0. The number of hydrogen-bond acceptors (Lipinski definition) is 1. The molecule has 4 atom stereocenters. The molecule has 2 rings (SSSR count). The van der Waals surface area contributed by atoms with Crippen LogP contribution in [0.1, 0.15) is 54.4 Å². The van der Waals surface area contributed by atoms with E-state index in [0.29, 0.717) is 11.1 Å². The minimum atomic E-state index is 0.440. The highest BCUT2D eigenvalue weighted by molar-refractivity contribution is 5.27. The summed E-state index contributed by atoms with van der Waals surface area (Å²) in [5.41, 5.74) is 0.900. The number of hydrogen-bond donors (Lipinski definition) is 0. The minimum Gasteiger partial charge on any atom is -0.286 e. The molecule has 0 N–H and O–H groups in total. The summed E-state index contributed by atoms with van der Waals surface area (Å²) in [6.45, 7) is 14.3. The second-order valence-corrected chi connectivity index (χ2v) is 6.20. The van der Waals surface area contributed by atoms with Gasteiger partial charge in [0.05, 0.1) is 0 Å². The Hall–Kier alpha value is -0.0400. The van der Waals surface area contributed by atoms with Gasteiger partial charge in [0.25, 0.3) is 0 Å². The normalized spacial score (nSPS) is 49.5. The van der Waals surface area contributed by atoms with E-state index in [2.05, 4.69) is 46.4 Å². The summed E-state index contributed by atoms with van der Waals surface area (Å²) in [6.07, 6.45) is 2.81. The topological polar surface area (TPSA) is 3.01 Å². The van der Waals surface area contributed by atoms with E-state index in [1.54, 1.807) is 0 Å². The lowest BCUT2D eigenvalue weighted by Crippen LogP contribution is -2.24. The highest BCUT2D eigenvalue weighted by Crippen LogP contribution is 2.62. The molecule has 0 radical (unpaired) electrons. The molecule has 1 saturated heterocycles. The maximum atomic E-state index is 2.78. The van der Waals surface area contributed by atoms with Crippen LogP contribution in [0.15, 0.2) is 0 Å². The van der Waals surface area contributed by atoms with E-state index in [1.165, 1.54) is 12.8 Å². The largest absolute Gasteiger partial charge is 0.286 e. The number of rotatable bonds is 3. The van der Waals surface area contributed by atoms with Gasteiger partial charge >= 0.3 is 0 Å². The molecular formula is C13H25N. The van der Waals surface area contributed by atoms with E-state index < -0.39 is 0 Å². The van der Waals surface area contributed by atoms with Crippen molar-refractivity contribution < 1.29 is 0 Å². The highest BCUT2D eigenvalue weighted by Gasteiger charge is 2.72. The molecule has 0 spiro atoms. The molecule has 2 fully saturated rings. The zero-order valence-electron chi connectivity index (χ0n) is 10.6. The smallest absolute Gasteiger partial charge is 0.0392 e. The van der Waals surface area contributed by atoms with Crippen molar-refractivity contribution in [1.29, 1.82) is 0 Å². The van der Waals surface area contributed by atoms with E-state index in [9.17, 15) is 0 Å². The van der Waals surface area contributed by atoms with Gasteiger partial charge in [-0.25, -0.2) is 0 Å². The second kappa shape index (κ2) is 2.75. The van der Waals surface area contributed by atoms with Crippen molar-refractivity contribution in [3.05, 3.63) is 0 Å². The van der Waals surface area contributed by atoms with Crippen LogP contribution in [0, 0.1) is 11.8 Å². The highest BCUT2D eigenvalue weighted by atomic mass is 15.5.